The van der Waals surface area contributed by atoms with Gasteiger partial charge in [0.15, 0.2) is 0 Å². The van der Waals surface area contributed by atoms with E-state index >= 15 is 0 Å². The zero-order valence-electron chi connectivity index (χ0n) is 11.0. The van der Waals surface area contributed by atoms with E-state index in [-0.39, 0.29) is 6.04 Å². The maximum absolute atomic E-state index is 11.3. The Hall–Kier alpha value is -0.650. The van der Waals surface area contributed by atoms with Crippen molar-refractivity contribution in [1.29, 1.82) is 0 Å². The molecule has 0 spiro atoms. The second-order valence-corrected chi connectivity index (χ2v) is 4.87. The molecular weight excluding hydrogens is 220 g/mol. The van der Waals surface area contributed by atoms with Gasteiger partial charge in [-0.15, -0.1) is 0 Å². The van der Waals surface area contributed by atoms with Crippen molar-refractivity contribution in [1.82, 2.24) is 10.2 Å². The molecule has 5 nitrogen and oxygen atoms in total. The van der Waals surface area contributed by atoms with E-state index in [9.17, 15) is 9.90 Å². The molecule has 0 aliphatic carbocycles. The summed E-state index contributed by atoms with van der Waals surface area (Å²) in [5.74, 6) is -0.778. The van der Waals surface area contributed by atoms with Crippen molar-refractivity contribution in [3.63, 3.8) is 0 Å². The average molecular weight is 244 g/mol. The Morgan fingerprint density at radius 2 is 2.12 bits per heavy atom. The third-order valence-corrected chi connectivity index (χ3v) is 3.41. The Balaban J connectivity index is 2.56. The van der Waals surface area contributed by atoms with E-state index in [1.807, 2.05) is 6.92 Å². The molecule has 1 aliphatic heterocycles. The Morgan fingerprint density at radius 1 is 1.53 bits per heavy atom. The van der Waals surface area contributed by atoms with Crippen LogP contribution in [0, 0.1) is 0 Å². The molecule has 1 heterocycles. The normalized spacial score (nSPS) is 23.0. The van der Waals surface area contributed by atoms with Gasteiger partial charge in [-0.3, -0.25) is 9.69 Å². The summed E-state index contributed by atoms with van der Waals surface area (Å²) in [5.41, 5.74) is -0.841. The Kier molecular flexibility index (Phi) is 5.36. The number of hydrogen-bond donors (Lipinski definition) is 2. The summed E-state index contributed by atoms with van der Waals surface area (Å²) < 4.78 is 5.30. The number of aliphatic carboxylic acids is 1. The maximum atomic E-state index is 11.3. The summed E-state index contributed by atoms with van der Waals surface area (Å²) in [6, 6.07) is 0.249. The first-order valence-electron chi connectivity index (χ1n) is 6.30. The summed E-state index contributed by atoms with van der Waals surface area (Å²) in [7, 11) is 0. The number of nitrogens with zero attached hydrogens (tertiary/aromatic N) is 1. The molecule has 5 heteroatoms. The van der Waals surface area contributed by atoms with Gasteiger partial charge in [0.1, 0.15) is 5.54 Å². The number of hydrogen-bond acceptors (Lipinski definition) is 4. The lowest BCUT2D eigenvalue weighted by atomic mass is 9.92. The molecule has 2 N–H and O–H groups in total. The Bertz CT molecular complexity index is 254. The van der Waals surface area contributed by atoms with Crippen LogP contribution in [0.4, 0.5) is 0 Å². The van der Waals surface area contributed by atoms with Gasteiger partial charge in [-0.25, -0.2) is 0 Å². The van der Waals surface area contributed by atoms with Gasteiger partial charge in [0.05, 0.1) is 13.2 Å². The highest BCUT2D eigenvalue weighted by Crippen LogP contribution is 2.17. The predicted molar refractivity (Wildman–Crippen MR) is 66.2 cm³/mol. The van der Waals surface area contributed by atoms with E-state index in [4.69, 9.17) is 4.74 Å². The molecule has 0 aromatic rings. The first-order valence-corrected chi connectivity index (χ1v) is 6.30. The van der Waals surface area contributed by atoms with E-state index in [1.54, 1.807) is 6.92 Å². The first-order chi connectivity index (χ1) is 7.99. The van der Waals surface area contributed by atoms with Crippen molar-refractivity contribution in [3.05, 3.63) is 0 Å². The minimum Gasteiger partial charge on any atom is -0.480 e. The molecule has 1 saturated heterocycles. The van der Waals surface area contributed by atoms with Crippen molar-refractivity contribution >= 4 is 5.97 Å². The van der Waals surface area contributed by atoms with Crippen LogP contribution in [0.3, 0.4) is 0 Å². The molecular formula is C12H24N2O3. The van der Waals surface area contributed by atoms with E-state index in [1.165, 1.54) is 0 Å². The smallest absolute Gasteiger partial charge is 0.323 e. The van der Waals surface area contributed by atoms with Crippen LogP contribution >= 0.6 is 0 Å². The van der Waals surface area contributed by atoms with Crippen molar-refractivity contribution in [2.24, 2.45) is 0 Å². The standard InChI is InChI=1S/C12H24N2O3/c1-4-13-12(3,11(15)16)9-10(2)14-5-7-17-8-6-14/h10,13H,4-9H2,1-3H3,(H,15,16). The quantitative estimate of drug-likeness (QED) is 0.714. The lowest BCUT2D eigenvalue weighted by Gasteiger charge is -2.37. The second kappa shape index (κ2) is 6.33. The van der Waals surface area contributed by atoms with Crippen molar-refractivity contribution in [3.8, 4) is 0 Å². The van der Waals surface area contributed by atoms with Crippen LogP contribution in [-0.4, -0.2) is 60.4 Å². The van der Waals surface area contributed by atoms with Gasteiger partial charge in [0.2, 0.25) is 0 Å². The number of likely N-dealkylation sites (N-methyl/N-ethyl adjacent to an activating group) is 1. The minimum absolute atomic E-state index is 0.249. The Labute approximate surface area is 103 Å². The number of nitrogens with one attached hydrogen (secondary N) is 1. The first kappa shape index (κ1) is 14.4. The zero-order valence-corrected chi connectivity index (χ0v) is 11.0. The molecule has 2 unspecified atom stereocenters. The second-order valence-electron chi connectivity index (χ2n) is 4.87. The number of carbonyl (C=O) groups is 1. The molecule has 17 heavy (non-hydrogen) atoms. The van der Waals surface area contributed by atoms with Crippen molar-refractivity contribution < 1.29 is 14.6 Å². The van der Waals surface area contributed by atoms with Crippen LogP contribution in [0.5, 0.6) is 0 Å². The lowest BCUT2D eigenvalue weighted by molar-refractivity contribution is -0.145. The third kappa shape index (κ3) is 3.94. The number of carboxylic acids is 1. The van der Waals surface area contributed by atoms with Crippen LogP contribution in [0.2, 0.25) is 0 Å². The van der Waals surface area contributed by atoms with Crippen LogP contribution < -0.4 is 5.32 Å². The van der Waals surface area contributed by atoms with Gasteiger partial charge in [0, 0.05) is 19.1 Å². The van der Waals surface area contributed by atoms with E-state index in [0.717, 1.165) is 26.3 Å². The average Bonchev–Trinajstić information content (AvgIpc) is 2.30. The van der Waals surface area contributed by atoms with E-state index in [0.29, 0.717) is 13.0 Å². The molecule has 2 atom stereocenters. The highest BCUT2D eigenvalue weighted by atomic mass is 16.5. The fraction of sp³-hybridized carbons (Fsp3) is 0.917. The number of rotatable bonds is 6. The van der Waals surface area contributed by atoms with E-state index < -0.39 is 11.5 Å². The van der Waals surface area contributed by atoms with Crippen LogP contribution in [-0.2, 0) is 9.53 Å². The molecule has 0 bridgehead atoms. The number of ether oxygens (including phenoxy) is 1. The summed E-state index contributed by atoms with van der Waals surface area (Å²) >= 11 is 0. The SMILES string of the molecule is CCNC(C)(CC(C)N1CCOCC1)C(=O)O. The highest BCUT2D eigenvalue weighted by Gasteiger charge is 2.35. The fourth-order valence-corrected chi connectivity index (χ4v) is 2.36. The predicted octanol–water partition coefficient (Wildman–Crippen LogP) is 0.550. The lowest BCUT2D eigenvalue weighted by Crippen LogP contribution is -2.54. The van der Waals surface area contributed by atoms with Gasteiger partial charge >= 0.3 is 5.97 Å². The van der Waals surface area contributed by atoms with Crippen molar-refractivity contribution in [2.45, 2.75) is 38.8 Å². The monoisotopic (exact) mass is 244 g/mol. The van der Waals surface area contributed by atoms with Gasteiger partial charge in [-0.1, -0.05) is 6.92 Å². The summed E-state index contributed by atoms with van der Waals surface area (Å²) in [4.78, 5) is 13.6. The molecule has 0 aromatic carbocycles. The fourth-order valence-electron chi connectivity index (χ4n) is 2.36. The maximum Gasteiger partial charge on any atom is 0.323 e. The van der Waals surface area contributed by atoms with Crippen LogP contribution in [0.25, 0.3) is 0 Å². The molecule has 100 valence electrons. The van der Waals surface area contributed by atoms with Crippen LogP contribution in [0.1, 0.15) is 27.2 Å². The van der Waals surface area contributed by atoms with E-state index in [2.05, 4.69) is 17.1 Å². The number of morpholine rings is 1. The zero-order chi connectivity index (χ0) is 12.9. The molecule has 0 radical (unpaired) electrons. The summed E-state index contributed by atoms with van der Waals surface area (Å²) in [6.07, 6.45) is 0.607. The van der Waals surface area contributed by atoms with Gasteiger partial charge in [0.25, 0.3) is 0 Å². The molecule has 0 amide bonds. The third-order valence-electron chi connectivity index (χ3n) is 3.41. The molecule has 0 aromatic heterocycles. The molecule has 0 saturated carbocycles. The van der Waals surface area contributed by atoms with Crippen molar-refractivity contribution in [2.75, 3.05) is 32.8 Å². The van der Waals surface area contributed by atoms with Crippen LogP contribution in [0.15, 0.2) is 0 Å². The minimum atomic E-state index is -0.841. The van der Waals surface area contributed by atoms with Gasteiger partial charge in [-0.05, 0) is 26.8 Å². The summed E-state index contributed by atoms with van der Waals surface area (Å²) in [6.45, 7) is 9.72. The highest BCUT2D eigenvalue weighted by molar-refractivity contribution is 5.78. The van der Waals surface area contributed by atoms with Gasteiger partial charge in [-0.2, -0.15) is 0 Å². The largest absolute Gasteiger partial charge is 0.480 e. The summed E-state index contributed by atoms with van der Waals surface area (Å²) in [5, 5.41) is 12.4. The molecule has 1 fully saturated rings. The topological polar surface area (TPSA) is 61.8 Å². The molecule has 1 rings (SSSR count). The molecule has 1 aliphatic rings. The Morgan fingerprint density at radius 3 is 2.59 bits per heavy atom. The van der Waals surface area contributed by atoms with Gasteiger partial charge < -0.3 is 15.2 Å². The number of carboxylic acid groups (broad SMARTS) is 1.